The van der Waals surface area contributed by atoms with Gasteiger partial charge in [0, 0.05) is 24.0 Å². The number of hydrogen-bond donors (Lipinski definition) is 3. The maximum atomic E-state index is 13.1. The lowest BCUT2D eigenvalue weighted by atomic mass is 9.85. The summed E-state index contributed by atoms with van der Waals surface area (Å²) in [4.78, 5) is 23.9. The van der Waals surface area contributed by atoms with Crippen LogP contribution in [0.15, 0.2) is 78.9 Å². The summed E-state index contributed by atoms with van der Waals surface area (Å²) < 4.78 is 6.01. The molecule has 1 aliphatic rings. The second kappa shape index (κ2) is 10.3. The van der Waals surface area contributed by atoms with Crippen molar-refractivity contribution in [2.75, 3.05) is 0 Å². The molecule has 0 saturated carbocycles. The molecule has 0 saturated heterocycles. The number of allylic oxidation sites excluding steroid dienone is 2. The average Bonchev–Trinajstić information content (AvgIpc) is 2.83. The van der Waals surface area contributed by atoms with Crippen molar-refractivity contribution in [2.24, 2.45) is 0 Å². The first-order chi connectivity index (χ1) is 16.5. The van der Waals surface area contributed by atoms with Gasteiger partial charge in [0.1, 0.15) is 28.9 Å². The van der Waals surface area contributed by atoms with Gasteiger partial charge in [-0.25, -0.2) is 0 Å². The zero-order chi connectivity index (χ0) is 24.1. The SMILES string of the molecule is O=C(O)CCC/C=C/C(c1ccccc1)c1c(O)cc2c(c1O)C(=O)C[C@@H](c1ccccc1)O2. The second-order valence-electron chi connectivity index (χ2n) is 8.28. The first-order valence-corrected chi connectivity index (χ1v) is 11.2. The number of carboxylic acids is 1. The van der Waals surface area contributed by atoms with Gasteiger partial charge in [0.15, 0.2) is 5.78 Å². The van der Waals surface area contributed by atoms with Crippen molar-refractivity contribution in [2.45, 2.75) is 37.7 Å². The number of hydrogen-bond acceptors (Lipinski definition) is 5. The lowest BCUT2D eigenvalue weighted by Gasteiger charge is -2.28. The molecule has 0 spiro atoms. The Balaban J connectivity index is 1.71. The van der Waals surface area contributed by atoms with Crippen LogP contribution >= 0.6 is 0 Å². The summed E-state index contributed by atoms with van der Waals surface area (Å²) in [5.41, 5.74) is 1.94. The Hall–Kier alpha value is -4.06. The Bertz CT molecular complexity index is 1200. The normalized spacial score (nSPS) is 16.1. The number of benzene rings is 3. The molecular formula is C28H26O6. The Morgan fingerprint density at radius 1 is 1.06 bits per heavy atom. The molecule has 1 heterocycles. The molecule has 0 amide bonds. The molecule has 0 fully saturated rings. The van der Waals surface area contributed by atoms with Gasteiger partial charge in [-0.15, -0.1) is 0 Å². The molecule has 0 bridgehead atoms. The number of aromatic hydroxyl groups is 2. The molecule has 6 heteroatoms. The van der Waals surface area contributed by atoms with E-state index in [-0.39, 0.29) is 47.0 Å². The molecule has 1 aliphatic heterocycles. The van der Waals surface area contributed by atoms with Gasteiger partial charge < -0.3 is 20.1 Å². The van der Waals surface area contributed by atoms with E-state index in [1.807, 2.05) is 72.8 Å². The Morgan fingerprint density at radius 2 is 1.74 bits per heavy atom. The standard InChI is InChI=1S/C28H26O6/c29-21-17-24-27(22(30)16-23(34-24)19-12-6-2-7-13-19)28(33)26(21)20(18-10-4-1-5-11-18)14-8-3-9-15-25(31)32/h1-2,4-8,10-14,17,20,23,29,33H,3,9,15-16H2,(H,31,32)/b14-8+/t20?,23-/m0/s1. The fourth-order valence-corrected chi connectivity index (χ4v) is 4.27. The number of fused-ring (bicyclic) bond motifs is 1. The van der Waals surface area contributed by atoms with Crippen molar-refractivity contribution < 1.29 is 29.6 Å². The monoisotopic (exact) mass is 458 g/mol. The number of carbonyl (C=O) groups excluding carboxylic acids is 1. The maximum Gasteiger partial charge on any atom is 0.303 e. The summed E-state index contributed by atoms with van der Waals surface area (Å²) in [7, 11) is 0. The van der Waals surface area contributed by atoms with Crippen LogP contribution in [0.25, 0.3) is 0 Å². The van der Waals surface area contributed by atoms with E-state index in [0.717, 1.165) is 11.1 Å². The van der Waals surface area contributed by atoms with Crippen LogP contribution in [0.3, 0.4) is 0 Å². The lowest BCUT2D eigenvalue weighted by Crippen LogP contribution is -2.21. The van der Waals surface area contributed by atoms with Crippen molar-refractivity contribution in [3.8, 4) is 17.2 Å². The number of phenolic OH excluding ortho intramolecular Hbond substituents is 2. The van der Waals surface area contributed by atoms with Gasteiger partial charge in [-0.1, -0.05) is 72.8 Å². The van der Waals surface area contributed by atoms with E-state index >= 15 is 0 Å². The fourth-order valence-electron chi connectivity index (χ4n) is 4.27. The first kappa shape index (κ1) is 23.1. The number of Topliss-reactive ketones (excluding diaryl/α,β-unsaturated/α-hetero) is 1. The van der Waals surface area contributed by atoms with Crippen LogP contribution in [-0.4, -0.2) is 27.1 Å². The molecule has 3 aromatic carbocycles. The Labute approximate surface area is 197 Å². The molecule has 174 valence electrons. The van der Waals surface area contributed by atoms with E-state index < -0.39 is 18.0 Å². The molecule has 0 aliphatic carbocycles. The van der Waals surface area contributed by atoms with E-state index in [9.17, 15) is 19.8 Å². The molecule has 0 aromatic heterocycles. The van der Waals surface area contributed by atoms with Crippen molar-refractivity contribution in [1.29, 1.82) is 0 Å². The van der Waals surface area contributed by atoms with Gasteiger partial charge in [0.2, 0.25) is 0 Å². The molecule has 3 aromatic rings. The first-order valence-electron chi connectivity index (χ1n) is 11.2. The van der Waals surface area contributed by atoms with Crippen molar-refractivity contribution in [3.63, 3.8) is 0 Å². The smallest absolute Gasteiger partial charge is 0.303 e. The minimum absolute atomic E-state index is 0.0596. The van der Waals surface area contributed by atoms with Crippen LogP contribution in [0.4, 0.5) is 0 Å². The average molecular weight is 459 g/mol. The molecule has 1 unspecified atom stereocenters. The molecule has 6 nitrogen and oxygen atoms in total. The largest absolute Gasteiger partial charge is 0.507 e. The van der Waals surface area contributed by atoms with Crippen LogP contribution in [-0.2, 0) is 4.79 Å². The summed E-state index contributed by atoms with van der Waals surface area (Å²) in [5.74, 6) is -1.97. The highest BCUT2D eigenvalue weighted by Gasteiger charge is 2.34. The van der Waals surface area contributed by atoms with Gasteiger partial charge in [0.05, 0.1) is 6.42 Å². The Kier molecular flexibility index (Phi) is 6.97. The molecular weight excluding hydrogens is 432 g/mol. The van der Waals surface area contributed by atoms with Gasteiger partial charge >= 0.3 is 5.97 Å². The van der Waals surface area contributed by atoms with Gasteiger partial charge in [-0.2, -0.15) is 0 Å². The van der Waals surface area contributed by atoms with E-state index in [4.69, 9.17) is 9.84 Å². The number of carboxylic acid groups (broad SMARTS) is 1. The van der Waals surface area contributed by atoms with E-state index in [2.05, 4.69) is 0 Å². The van der Waals surface area contributed by atoms with Crippen molar-refractivity contribution in [3.05, 3.63) is 101 Å². The van der Waals surface area contributed by atoms with Crippen LogP contribution < -0.4 is 4.74 Å². The summed E-state index contributed by atoms with van der Waals surface area (Å²) in [5, 5.41) is 31.0. The number of aliphatic carboxylic acids is 1. The van der Waals surface area contributed by atoms with Crippen molar-refractivity contribution >= 4 is 11.8 Å². The second-order valence-corrected chi connectivity index (χ2v) is 8.28. The predicted molar refractivity (Wildman–Crippen MR) is 127 cm³/mol. The highest BCUT2D eigenvalue weighted by molar-refractivity contribution is 6.03. The third-order valence-electron chi connectivity index (χ3n) is 5.93. The van der Waals surface area contributed by atoms with Crippen molar-refractivity contribution in [1.82, 2.24) is 0 Å². The summed E-state index contributed by atoms with van der Waals surface area (Å²) in [6, 6.07) is 20.1. The molecule has 3 N–H and O–H groups in total. The van der Waals surface area contributed by atoms with E-state index in [0.29, 0.717) is 12.8 Å². The number of rotatable bonds is 8. The zero-order valence-corrected chi connectivity index (χ0v) is 18.6. The summed E-state index contributed by atoms with van der Waals surface area (Å²) in [6.07, 6.45) is 4.30. The fraction of sp³-hybridized carbons (Fsp3) is 0.214. The minimum atomic E-state index is -0.856. The maximum absolute atomic E-state index is 13.1. The summed E-state index contributed by atoms with van der Waals surface area (Å²) in [6.45, 7) is 0. The van der Waals surface area contributed by atoms with Crippen LogP contribution in [0.2, 0.25) is 0 Å². The van der Waals surface area contributed by atoms with E-state index in [1.54, 1.807) is 0 Å². The number of carbonyl (C=O) groups is 2. The van der Waals surface area contributed by atoms with Crippen LogP contribution in [0, 0.1) is 0 Å². The van der Waals surface area contributed by atoms with E-state index in [1.165, 1.54) is 6.07 Å². The highest BCUT2D eigenvalue weighted by Crippen LogP contribution is 2.48. The van der Waals surface area contributed by atoms with Gasteiger partial charge in [-0.3, -0.25) is 9.59 Å². The highest BCUT2D eigenvalue weighted by atomic mass is 16.5. The van der Waals surface area contributed by atoms with Gasteiger partial charge in [0.25, 0.3) is 0 Å². The number of unbranched alkanes of at least 4 members (excludes halogenated alkanes) is 1. The lowest BCUT2D eigenvalue weighted by molar-refractivity contribution is -0.137. The molecule has 0 radical (unpaired) electrons. The number of phenols is 2. The molecule has 34 heavy (non-hydrogen) atoms. The Morgan fingerprint density at radius 3 is 2.41 bits per heavy atom. The third-order valence-corrected chi connectivity index (χ3v) is 5.93. The topological polar surface area (TPSA) is 104 Å². The van der Waals surface area contributed by atoms with Crippen LogP contribution in [0.1, 0.15) is 64.8 Å². The van der Waals surface area contributed by atoms with Crippen LogP contribution in [0.5, 0.6) is 17.2 Å². The predicted octanol–water partition coefficient (Wildman–Crippen LogP) is 5.75. The number of ketones is 1. The quantitative estimate of drug-likeness (QED) is 0.293. The van der Waals surface area contributed by atoms with Gasteiger partial charge in [-0.05, 0) is 24.0 Å². The molecule has 4 rings (SSSR count). The third kappa shape index (κ3) is 4.96. The minimum Gasteiger partial charge on any atom is -0.507 e. The molecule has 2 atom stereocenters. The number of ether oxygens (including phenoxy) is 1. The zero-order valence-electron chi connectivity index (χ0n) is 18.6. The summed E-state index contributed by atoms with van der Waals surface area (Å²) >= 11 is 0.